The van der Waals surface area contributed by atoms with Gasteiger partial charge in [-0.15, -0.1) is 0 Å². The number of nitrogens with zero attached hydrogens (tertiary/aromatic N) is 1. The molecule has 50 heavy (non-hydrogen) atoms. The summed E-state index contributed by atoms with van der Waals surface area (Å²) in [5, 5.41) is 9.53. The van der Waals surface area contributed by atoms with Crippen LogP contribution in [0.15, 0.2) is 192 Å². The molecule has 0 spiro atoms. The van der Waals surface area contributed by atoms with Gasteiger partial charge in [-0.25, -0.2) is 0 Å². The van der Waals surface area contributed by atoms with E-state index < -0.39 is 0 Å². The molecule has 0 unspecified atom stereocenters. The second-order valence-electron chi connectivity index (χ2n) is 13.0. The molecular formula is C48H31NO. The van der Waals surface area contributed by atoms with Crippen LogP contribution in [-0.2, 0) is 0 Å². The first-order chi connectivity index (χ1) is 24.8. The predicted molar refractivity (Wildman–Crippen MR) is 212 cm³/mol. The summed E-state index contributed by atoms with van der Waals surface area (Å²) < 4.78 is 6.39. The number of hydrogen-bond acceptors (Lipinski definition) is 2. The lowest BCUT2D eigenvalue weighted by molar-refractivity contribution is 0.669. The highest BCUT2D eigenvalue weighted by atomic mass is 16.3. The Bertz CT molecular complexity index is 2890. The van der Waals surface area contributed by atoms with Crippen molar-refractivity contribution < 1.29 is 4.42 Å². The number of anilines is 3. The van der Waals surface area contributed by atoms with Crippen LogP contribution in [0.4, 0.5) is 17.1 Å². The molecular weight excluding hydrogens is 607 g/mol. The molecule has 0 saturated carbocycles. The average Bonchev–Trinajstić information content (AvgIpc) is 3.54. The van der Waals surface area contributed by atoms with Gasteiger partial charge in [-0.1, -0.05) is 133 Å². The molecule has 0 fully saturated rings. The van der Waals surface area contributed by atoms with Gasteiger partial charge in [-0.05, 0) is 98.2 Å². The Morgan fingerprint density at radius 3 is 1.82 bits per heavy atom. The Hall–Kier alpha value is -6.64. The first kappa shape index (κ1) is 28.4. The number of hydrogen-bond donors (Lipinski definition) is 0. The lowest BCUT2D eigenvalue weighted by atomic mass is 9.97. The van der Waals surface area contributed by atoms with Crippen LogP contribution in [-0.4, -0.2) is 0 Å². The van der Waals surface area contributed by atoms with Crippen LogP contribution in [0.1, 0.15) is 0 Å². The molecule has 1 heterocycles. The zero-order valence-corrected chi connectivity index (χ0v) is 27.3. The molecule has 2 heteroatoms. The maximum Gasteiger partial charge on any atom is 0.136 e. The van der Waals surface area contributed by atoms with Crippen molar-refractivity contribution in [2.45, 2.75) is 0 Å². The average molecular weight is 638 g/mol. The van der Waals surface area contributed by atoms with E-state index >= 15 is 0 Å². The Balaban J connectivity index is 1.18. The maximum atomic E-state index is 6.39. The van der Waals surface area contributed by atoms with Crippen LogP contribution in [0.25, 0.3) is 76.5 Å². The van der Waals surface area contributed by atoms with Crippen molar-refractivity contribution in [3.63, 3.8) is 0 Å². The van der Waals surface area contributed by atoms with E-state index in [1.165, 1.54) is 43.4 Å². The maximum absolute atomic E-state index is 6.39. The number of rotatable bonds is 5. The third-order valence-corrected chi connectivity index (χ3v) is 9.99. The van der Waals surface area contributed by atoms with Gasteiger partial charge in [0.25, 0.3) is 0 Å². The second kappa shape index (κ2) is 11.5. The Labute approximate surface area is 290 Å². The van der Waals surface area contributed by atoms with Crippen molar-refractivity contribution >= 4 is 71.3 Å². The summed E-state index contributed by atoms with van der Waals surface area (Å²) in [4.78, 5) is 2.42. The van der Waals surface area contributed by atoms with Crippen LogP contribution in [0.5, 0.6) is 0 Å². The minimum atomic E-state index is 0.894. The fraction of sp³-hybridized carbons (Fsp3) is 0. The summed E-state index contributed by atoms with van der Waals surface area (Å²) in [6.07, 6.45) is 0. The quantitative estimate of drug-likeness (QED) is 0.187. The zero-order chi connectivity index (χ0) is 33.0. The minimum Gasteiger partial charge on any atom is -0.456 e. The van der Waals surface area contributed by atoms with Crippen molar-refractivity contribution in [2.75, 3.05) is 4.90 Å². The fourth-order valence-electron chi connectivity index (χ4n) is 7.55. The first-order valence-corrected chi connectivity index (χ1v) is 17.1. The standard InChI is InChI=1S/C48H31NO/c1-2-13-34-27-38(24-23-32(34)11-1)35-17-9-18-40(28-35)49(46-22-10-16-33-12-5-6-19-41(33)46)45-21-8-7-20-42(45)39-25-26-47-43(30-39)44-29-36-14-3-4-15-37(36)31-48(44)50-47/h1-31H. The van der Waals surface area contributed by atoms with Gasteiger partial charge in [0.1, 0.15) is 11.2 Å². The highest BCUT2D eigenvalue weighted by Crippen LogP contribution is 2.45. The van der Waals surface area contributed by atoms with E-state index in [0.29, 0.717) is 0 Å². The molecule has 1 aromatic heterocycles. The highest BCUT2D eigenvalue weighted by molar-refractivity contribution is 6.11. The second-order valence-corrected chi connectivity index (χ2v) is 13.0. The van der Waals surface area contributed by atoms with Gasteiger partial charge >= 0.3 is 0 Å². The van der Waals surface area contributed by atoms with E-state index in [4.69, 9.17) is 4.42 Å². The molecule has 2 nitrogen and oxygen atoms in total. The fourth-order valence-corrected chi connectivity index (χ4v) is 7.55. The predicted octanol–water partition coefficient (Wildman–Crippen LogP) is 13.8. The monoisotopic (exact) mass is 637 g/mol. The van der Waals surface area contributed by atoms with Crippen LogP contribution in [0.2, 0.25) is 0 Å². The van der Waals surface area contributed by atoms with E-state index in [9.17, 15) is 0 Å². The van der Waals surface area contributed by atoms with Gasteiger partial charge in [-0.2, -0.15) is 0 Å². The largest absolute Gasteiger partial charge is 0.456 e. The Morgan fingerprint density at radius 2 is 0.940 bits per heavy atom. The van der Waals surface area contributed by atoms with Crippen molar-refractivity contribution in [3.8, 4) is 22.3 Å². The van der Waals surface area contributed by atoms with Gasteiger partial charge in [0, 0.05) is 27.4 Å². The zero-order valence-electron chi connectivity index (χ0n) is 27.3. The minimum absolute atomic E-state index is 0.894. The van der Waals surface area contributed by atoms with Crippen LogP contribution in [0, 0.1) is 0 Å². The lowest BCUT2D eigenvalue weighted by Gasteiger charge is -2.29. The number of furan rings is 1. The SMILES string of the molecule is c1cc(-c2ccc3ccccc3c2)cc(N(c2ccccc2-c2ccc3oc4cc5ccccc5cc4c3c2)c2cccc3ccccc23)c1. The van der Waals surface area contributed by atoms with Gasteiger partial charge in [-0.3, -0.25) is 0 Å². The van der Waals surface area contributed by atoms with Gasteiger partial charge in [0.05, 0.1) is 11.4 Å². The summed E-state index contributed by atoms with van der Waals surface area (Å²) in [6, 6.07) is 67.7. The smallest absolute Gasteiger partial charge is 0.136 e. The molecule has 0 radical (unpaired) electrons. The highest BCUT2D eigenvalue weighted by Gasteiger charge is 2.20. The summed E-state index contributed by atoms with van der Waals surface area (Å²) in [5.74, 6) is 0. The summed E-state index contributed by atoms with van der Waals surface area (Å²) in [6.45, 7) is 0. The molecule has 0 amide bonds. The molecule has 0 aliphatic rings. The van der Waals surface area contributed by atoms with E-state index in [-0.39, 0.29) is 0 Å². The topological polar surface area (TPSA) is 16.4 Å². The summed E-state index contributed by atoms with van der Waals surface area (Å²) in [5.41, 5.74) is 9.80. The normalized spacial score (nSPS) is 11.6. The molecule has 0 bridgehead atoms. The lowest BCUT2D eigenvalue weighted by Crippen LogP contribution is -2.11. The molecule has 9 aromatic carbocycles. The number of para-hydroxylation sites is 1. The van der Waals surface area contributed by atoms with Crippen molar-refractivity contribution in [1.29, 1.82) is 0 Å². The van der Waals surface area contributed by atoms with Crippen molar-refractivity contribution in [3.05, 3.63) is 188 Å². The van der Waals surface area contributed by atoms with Gasteiger partial charge in [0.2, 0.25) is 0 Å². The summed E-state index contributed by atoms with van der Waals surface area (Å²) >= 11 is 0. The molecule has 234 valence electrons. The number of benzene rings is 9. The first-order valence-electron chi connectivity index (χ1n) is 17.1. The Morgan fingerprint density at radius 1 is 0.320 bits per heavy atom. The van der Waals surface area contributed by atoms with Crippen molar-refractivity contribution in [2.24, 2.45) is 0 Å². The molecule has 10 aromatic rings. The van der Waals surface area contributed by atoms with Gasteiger partial charge in [0.15, 0.2) is 0 Å². The molecule has 0 aliphatic carbocycles. The van der Waals surface area contributed by atoms with E-state index in [1.807, 2.05) is 0 Å². The van der Waals surface area contributed by atoms with E-state index in [1.54, 1.807) is 0 Å². The van der Waals surface area contributed by atoms with E-state index in [0.717, 1.165) is 50.1 Å². The van der Waals surface area contributed by atoms with Crippen LogP contribution < -0.4 is 4.90 Å². The molecule has 10 rings (SSSR count). The third-order valence-electron chi connectivity index (χ3n) is 9.99. The summed E-state index contributed by atoms with van der Waals surface area (Å²) in [7, 11) is 0. The van der Waals surface area contributed by atoms with Crippen molar-refractivity contribution in [1.82, 2.24) is 0 Å². The molecule has 0 aliphatic heterocycles. The Kier molecular flexibility index (Phi) is 6.53. The number of fused-ring (bicyclic) bond motifs is 6. The van der Waals surface area contributed by atoms with Crippen LogP contribution in [0.3, 0.4) is 0 Å². The molecule has 0 N–H and O–H groups in total. The van der Waals surface area contributed by atoms with Gasteiger partial charge < -0.3 is 9.32 Å². The molecule has 0 saturated heterocycles. The van der Waals surface area contributed by atoms with Crippen LogP contribution >= 0.6 is 0 Å². The molecule has 0 atom stereocenters. The third kappa shape index (κ3) is 4.73. The van der Waals surface area contributed by atoms with E-state index in [2.05, 4.69) is 193 Å².